The highest BCUT2D eigenvalue weighted by atomic mass is 35.5. The zero-order chi connectivity index (χ0) is 14.5. The van der Waals surface area contributed by atoms with Gasteiger partial charge in [-0.25, -0.2) is 4.39 Å². The quantitative estimate of drug-likeness (QED) is 0.842. The fraction of sp³-hybridized carbons (Fsp3) is 0.462. The van der Waals surface area contributed by atoms with Crippen LogP contribution in [0.15, 0.2) is 18.2 Å². The number of methoxy groups -OCH3 is 1. The van der Waals surface area contributed by atoms with Gasteiger partial charge in [0, 0.05) is 26.7 Å². The van der Waals surface area contributed by atoms with E-state index in [2.05, 4.69) is 5.32 Å². The molecular weight excluding hydrogens is 273 g/mol. The first-order chi connectivity index (χ1) is 8.85. The number of rotatable bonds is 6. The van der Waals surface area contributed by atoms with E-state index < -0.39 is 17.3 Å². The molecule has 0 saturated carbocycles. The third-order valence-corrected chi connectivity index (χ3v) is 2.96. The minimum atomic E-state index is -1.07. The Morgan fingerprint density at radius 2 is 2.26 bits per heavy atom. The Bertz CT molecular complexity index is 452. The maximum absolute atomic E-state index is 12.9. The Morgan fingerprint density at radius 1 is 1.58 bits per heavy atom. The standard InChI is InChI=1S/C13H17ClFNO3/c1-13(18,5-6-19-2)8-16-12(17)10-4-3-9(15)7-11(10)14/h3-4,7,18H,5-6,8H2,1-2H3,(H,16,17). The van der Waals surface area contributed by atoms with Crippen molar-refractivity contribution in [1.82, 2.24) is 5.32 Å². The van der Waals surface area contributed by atoms with Gasteiger partial charge in [0.2, 0.25) is 0 Å². The number of aliphatic hydroxyl groups is 1. The SMILES string of the molecule is COCCC(C)(O)CNC(=O)c1ccc(F)cc1Cl. The Kier molecular flexibility index (Phi) is 5.72. The van der Waals surface area contributed by atoms with Crippen molar-refractivity contribution in [2.75, 3.05) is 20.3 Å². The molecule has 6 heteroatoms. The van der Waals surface area contributed by atoms with Gasteiger partial charge < -0.3 is 15.2 Å². The lowest BCUT2D eigenvalue weighted by atomic mass is 10.0. The summed E-state index contributed by atoms with van der Waals surface area (Å²) >= 11 is 5.77. The van der Waals surface area contributed by atoms with Crippen molar-refractivity contribution in [3.63, 3.8) is 0 Å². The Balaban J connectivity index is 2.60. The van der Waals surface area contributed by atoms with Gasteiger partial charge in [0.05, 0.1) is 16.2 Å². The predicted molar refractivity (Wildman–Crippen MR) is 70.9 cm³/mol. The Hall–Kier alpha value is -1.17. The number of hydrogen-bond donors (Lipinski definition) is 2. The van der Waals surface area contributed by atoms with Crippen LogP contribution >= 0.6 is 11.6 Å². The first kappa shape index (κ1) is 15.9. The molecule has 106 valence electrons. The average molecular weight is 290 g/mol. The van der Waals surface area contributed by atoms with Crippen LogP contribution in [0.4, 0.5) is 4.39 Å². The van der Waals surface area contributed by atoms with Crippen LogP contribution in [0, 0.1) is 5.82 Å². The summed E-state index contributed by atoms with van der Waals surface area (Å²) in [6, 6.07) is 3.53. The first-order valence-corrected chi connectivity index (χ1v) is 6.18. The fourth-order valence-corrected chi connectivity index (χ4v) is 1.70. The minimum absolute atomic E-state index is 0.0361. The van der Waals surface area contributed by atoms with Gasteiger partial charge in [0.25, 0.3) is 5.91 Å². The van der Waals surface area contributed by atoms with Crippen LogP contribution < -0.4 is 5.32 Å². The maximum Gasteiger partial charge on any atom is 0.252 e. The second-order valence-electron chi connectivity index (χ2n) is 4.55. The summed E-state index contributed by atoms with van der Waals surface area (Å²) in [5.41, 5.74) is -0.899. The number of carbonyl (C=O) groups is 1. The molecule has 0 aliphatic rings. The number of ether oxygens (including phenoxy) is 1. The average Bonchev–Trinajstić information content (AvgIpc) is 2.34. The van der Waals surface area contributed by atoms with Gasteiger partial charge >= 0.3 is 0 Å². The molecule has 0 radical (unpaired) electrons. The van der Waals surface area contributed by atoms with E-state index in [1.807, 2.05) is 0 Å². The maximum atomic E-state index is 12.9. The van der Waals surface area contributed by atoms with Crippen molar-refractivity contribution in [1.29, 1.82) is 0 Å². The van der Waals surface area contributed by atoms with Crippen LogP contribution in [0.25, 0.3) is 0 Å². The number of benzene rings is 1. The van der Waals surface area contributed by atoms with E-state index in [-0.39, 0.29) is 17.1 Å². The van der Waals surface area contributed by atoms with E-state index >= 15 is 0 Å². The normalized spacial score (nSPS) is 13.9. The molecule has 4 nitrogen and oxygen atoms in total. The zero-order valence-corrected chi connectivity index (χ0v) is 11.6. The highest BCUT2D eigenvalue weighted by molar-refractivity contribution is 6.33. The van der Waals surface area contributed by atoms with Gasteiger partial charge in [-0.1, -0.05) is 11.6 Å². The second kappa shape index (κ2) is 6.84. The topological polar surface area (TPSA) is 58.6 Å². The largest absolute Gasteiger partial charge is 0.388 e. The molecule has 1 unspecified atom stereocenters. The molecule has 0 aromatic heterocycles. The van der Waals surface area contributed by atoms with Crippen LogP contribution in [-0.4, -0.2) is 36.9 Å². The molecule has 0 aliphatic carbocycles. The summed E-state index contributed by atoms with van der Waals surface area (Å²) in [5.74, 6) is -0.962. The summed E-state index contributed by atoms with van der Waals surface area (Å²) in [5, 5.41) is 12.6. The van der Waals surface area contributed by atoms with Crippen LogP contribution in [0.1, 0.15) is 23.7 Å². The van der Waals surface area contributed by atoms with Crippen molar-refractivity contribution in [2.45, 2.75) is 18.9 Å². The summed E-state index contributed by atoms with van der Waals surface area (Å²) in [7, 11) is 1.53. The molecule has 1 rings (SSSR count). The highest BCUT2D eigenvalue weighted by Crippen LogP contribution is 2.17. The van der Waals surface area contributed by atoms with E-state index in [4.69, 9.17) is 16.3 Å². The van der Waals surface area contributed by atoms with E-state index in [9.17, 15) is 14.3 Å². The molecule has 1 aromatic rings. The van der Waals surface area contributed by atoms with Crippen LogP contribution in [0.2, 0.25) is 5.02 Å². The zero-order valence-electron chi connectivity index (χ0n) is 10.9. The molecule has 19 heavy (non-hydrogen) atoms. The lowest BCUT2D eigenvalue weighted by Crippen LogP contribution is -2.41. The molecular formula is C13H17ClFNO3. The van der Waals surface area contributed by atoms with Crippen LogP contribution in [-0.2, 0) is 4.74 Å². The van der Waals surface area contributed by atoms with Gasteiger partial charge in [-0.15, -0.1) is 0 Å². The summed E-state index contributed by atoms with van der Waals surface area (Å²) in [6.45, 7) is 2.04. The number of hydrogen-bond acceptors (Lipinski definition) is 3. The molecule has 0 saturated heterocycles. The van der Waals surface area contributed by atoms with Crippen molar-refractivity contribution in [2.24, 2.45) is 0 Å². The number of carbonyl (C=O) groups excluding carboxylic acids is 1. The first-order valence-electron chi connectivity index (χ1n) is 5.80. The summed E-state index contributed by atoms with van der Waals surface area (Å²) in [6.07, 6.45) is 0.390. The van der Waals surface area contributed by atoms with Gasteiger partial charge in [0.1, 0.15) is 5.82 Å². The molecule has 0 heterocycles. The number of halogens is 2. The summed E-state index contributed by atoms with van der Waals surface area (Å²) in [4.78, 5) is 11.8. The van der Waals surface area contributed by atoms with Crippen LogP contribution in [0.3, 0.4) is 0 Å². The van der Waals surface area contributed by atoms with Crippen molar-refractivity contribution < 1.29 is 19.0 Å². The highest BCUT2D eigenvalue weighted by Gasteiger charge is 2.21. The Morgan fingerprint density at radius 3 is 2.84 bits per heavy atom. The number of nitrogens with one attached hydrogen (secondary N) is 1. The van der Waals surface area contributed by atoms with Crippen molar-refractivity contribution in [3.05, 3.63) is 34.6 Å². The predicted octanol–water partition coefficient (Wildman–Crippen LogP) is 2.00. The van der Waals surface area contributed by atoms with Crippen molar-refractivity contribution in [3.8, 4) is 0 Å². The molecule has 2 N–H and O–H groups in total. The number of amides is 1. The van der Waals surface area contributed by atoms with Gasteiger partial charge in [-0.05, 0) is 25.1 Å². The monoisotopic (exact) mass is 289 g/mol. The second-order valence-corrected chi connectivity index (χ2v) is 4.95. The molecule has 0 spiro atoms. The molecule has 0 aliphatic heterocycles. The van der Waals surface area contributed by atoms with Gasteiger partial charge in [-0.3, -0.25) is 4.79 Å². The van der Waals surface area contributed by atoms with E-state index in [1.54, 1.807) is 6.92 Å². The lowest BCUT2D eigenvalue weighted by Gasteiger charge is -2.23. The molecule has 0 fully saturated rings. The minimum Gasteiger partial charge on any atom is -0.388 e. The fourth-order valence-electron chi connectivity index (χ4n) is 1.45. The Labute approximate surface area is 116 Å². The smallest absolute Gasteiger partial charge is 0.252 e. The molecule has 0 bridgehead atoms. The third kappa shape index (κ3) is 5.14. The van der Waals surface area contributed by atoms with Crippen molar-refractivity contribution >= 4 is 17.5 Å². The van der Waals surface area contributed by atoms with E-state index in [0.29, 0.717) is 13.0 Å². The van der Waals surface area contributed by atoms with E-state index in [1.165, 1.54) is 13.2 Å². The third-order valence-electron chi connectivity index (χ3n) is 2.65. The molecule has 1 amide bonds. The van der Waals surface area contributed by atoms with Gasteiger partial charge in [-0.2, -0.15) is 0 Å². The lowest BCUT2D eigenvalue weighted by molar-refractivity contribution is 0.0243. The van der Waals surface area contributed by atoms with Gasteiger partial charge in [0.15, 0.2) is 0 Å². The summed E-state index contributed by atoms with van der Waals surface area (Å²) < 4.78 is 17.7. The molecule has 1 aromatic carbocycles. The molecule has 1 atom stereocenters. The van der Waals surface area contributed by atoms with E-state index in [0.717, 1.165) is 12.1 Å². The van der Waals surface area contributed by atoms with Crippen LogP contribution in [0.5, 0.6) is 0 Å².